The van der Waals surface area contributed by atoms with Crippen LogP contribution in [-0.4, -0.2) is 31.9 Å². The second-order valence-electron chi connectivity index (χ2n) is 4.58. The number of hydrogen-bond acceptors (Lipinski definition) is 3. The van der Waals surface area contributed by atoms with Crippen molar-refractivity contribution in [2.24, 2.45) is 0 Å². The Hall–Kier alpha value is -0.420. The quantitative estimate of drug-likeness (QED) is 0.876. The van der Waals surface area contributed by atoms with Gasteiger partial charge in [-0.2, -0.15) is 0 Å². The molecule has 3 unspecified atom stereocenters. The largest absolute Gasteiger partial charge is 0.377 e. The van der Waals surface area contributed by atoms with Gasteiger partial charge in [0.05, 0.1) is 18.8 Å². The monoisotopic (exact) mass is 313 g/mol. The van der Waals surface area contributed by atoms with E-state index in [2.05, 4.69) is 40.3 Å². The maximum Gasteiger partial charge on any atom is 0.0987 e. The molecule has 2 rings (SSSR count). The highest BCUT2D eigenvalue weighted by molar-refractivity contribution is 9.10. The number of likely N-dealkylation sites (N-methyl/N-ethyl adjacent to an activating group) is 1. The summed E-state index contributed by atoms with van der Waals surface area (Å²) in [5.74, 6) is 0. The second kappa shape index (κ2) is 6.66. The SMILES string of the molecule is CCNC1CC(OCc2cccc(Br)c2)C1OC. The van der Waals surface area contributed by atoms with Gasteiger partial charge >= 0.3 is 0 Å². The molecule has 1 aliphatic rings. The van der Waals surface area contributed by atoms with Gasteiger partial charge < -0.3 is 14.8 Å². The lowest BCUT2D eigenvalue weighted by Gasteiger charge is -2.43. The lowest BCUT2D eigenvalue weighted by Crippen LogP contribution is -2.59. The Balaban J connectivity index is 1.81. The fraction of sp³-hybridized carbons (Fsp3) is 0.571. The Bertz CT molecular complexity index is 386. The van der Waals surface area contributed by atoms with Gasteiger partial charge in [0.2, 0.25) is 0 Å². The molecule has 3 nitrogen and oxygen atoms in total. The molecule has 18 heavy (non-hydrogen) atoms. The Labute approximate surface area is 117 Å². The number of halogens is 1. The summed E-state index contributed by atoms with van der Waals surface area (Å²) < 4.78 is 12.5. The van der Waals surface area contributed by atoms with Crippen LogP contribution in [0.5, 0.6) is 0 Å². The molecule has 0 amide bonds. The van der Waals surface area contributed by atoms with Crippen LogP contribution in [0.1, 0.15) is 18.9 Å². The van der Waals surface area contributed by atoms with Crippen molar-refractivity contribution in [3.8, 4) is 0 Å². The summed E-state index contributed by atoms with van der Waals surface area (Å²) in [6.45, 7) is 3.73. The highest BCUT2D eigenvalue weighted by Gasteiger charge is 2.41. The molecule has 4 heteroatoms. The molecule has 1 aliphatic carbocycles. The maximum atomic E-state index is 5.91. The number of nitrogens with one attached hydrogen (secondary N) is 1. The van der Waals surface area contributed by atoms with Crippen LogP contribution in [0.3, 0.4) is 0 Å². The molecular formula is C14H20BrNO2. The molecule has 0 spiro atoms. The van der Waals surface area contributed by atoms with E-state index in [1.165, 1.54) is 5.56 Å². The molecule has 0 saturated heterocycles. The van der Waals surface area contributed by atoms with E-state index in [4.69, 9.17) is 9.47 Å². The van der Waals surface area contributed by atoms with Crippen molar-refractivity contribution in [3.63, 3.8) is 0 Å². The molecule has 3 atom stereocenters. The number of rotatable bonds is 6. The van der Waals surface area contributed by atoms with Crippen molar-refractivity contribution in [2.45, 2.75) is 38.2 Å². The predicted molar refractivity (Wildman–Crippen MR) is 75.6 cm³/mol. The smallest absolute Gasteiger partial charge is 0.0987 e. The first-order valence-electron chi connectivity index (χ1n) is 6.36. The zero-order valence-corrected chi connectivity index (χ0v) is 12.4. The summed E-state index contributed by atoms with van der Waals surface area (Å²) in [4.78, 5) is 0. The summed E-state index contributed by atoms with van der Waals surface area (Å²) in [6, 6.07) is 8.65. The van der Waals surface area contributed by atoms with Crippen molar-refractivity contribution in [3.05, 3.63) is 34.3 Å². The molecule has 1 fully saturated rings. The molecule has 0 aliphatic heterocycles. The highest BCUT2D eigenvalue weighted by Crippen LogP contribution is 2.28. The molecule has 0 heterocycles. The summed E-state index contributed by atoms with van der Waals surface area (Å²) in [5.41, 5.74) is 1.19. The van der Waals surface area contributed by atoms with Crippen LogP contribution < -0.4 is 5.32 Å². The average Bonchev–Trinajstić information content (AvgIpc) is 2.33. The van der Waals surface area contributed by atoms with Gasteiger partial charge in [-0.25, -0.2) is 0 Å². The predicted octanol–water partition coefficient (Wildman–Crippen LogP) is 2.73. The molecule has 1 aromatic rings. The summed E-state index contributed by atoms with van der Waals surface area (Å²) in [5, 5.41) is 3.41. The minimum Gasteiger partial charge on any atom is -0.377 e. The van der Waals surface area contributed by atoms with E-state index in [0.29, 0.717) is 12.6 Å². The van der Waals surface area contributed by atoms with E-state index in [0.717, 1.165) is 17.4 Å². The van der Waals surface area contributed by atoms with E-state index >= 15 is 0 Å². The van der Waals surface area contributed by atoms with Gasteiger partial charge in [0, 0.05) is 17.6 Å². The van der Waals surface area contributed by atoms with E-state index in [1.54, 1.807) is 7.11 Å². The van der Waals surface area contributed by atoms with Gasteiger partial charge in [-0.3, -0.25) is 0 Å². The normalized spacial score (nSPS) is 26.9. The third-order valence-electron chi connectivity index (χ3n) is 3.34. The molecule has 1 N–H and O–H groups in total. The minimum atomic E-state index is 0.178. The second-order valence-corrected chi connectivity index (χ2v) is 5.50. The van der Waals surface area contributed by atoms with E-state index in [1.807, 2.05) is 12.1 Å². The topological polar surface area (TPSA) is 30.5 Å². The van der Waals surface area contributed by atoms with Gasteiger partial charge in [-0.15, -0.1) is 0 Å². The van der Waals surface area contributed by atoms with Crippen LogP contribution in [0.4, 0.5) is 0 Å². The van der Waals surface area contributed by atoms with Gasteiger partial charge in [0.1, 0.15) is 0 Å². The zero-order chi connectivity index (χ0) is 13.0. The molecule has 0 radical (unpaired) electrons. The fourth-order valence-electron chi connectivity index (χ4n) is 2.35. The summed E-state index contributed by atoms with van der Waals surface area (Å²) >= 11 is 3.47. The standard InChI is InChI=1S/C14H20BrNO2/c1-3-16-12-8-13(14(12)17-2)18-9-10-5-4-6-11(15)7-10/h4-7,12-14,16H,3,8-9H2,1-2H3. The first kappa shape index (κ1) is 14.0. The molecule has 0 aromatic heterocycles. The molecule has 100 valence electrons. The first-order chi connectivity index (χ1) is 8.74. The van der Waals surface area contributed by atoms with Gasteiger partial charge in [-0.1, -0.05) is 35.0 Å². The van der Waals surface area contributed by atoms with Crippen LogP contribution in [0.15, 0.2) is 28.7 Å². The maximum absolute atomic E-state index is 5.91. The Morgan fingerprint density at radius 3 is 2.94 bits per heavy atom. The third kappa shape index (κ3) is 3.32. The molecule has 1 aromatic carbocycles. The molecular weight excluding hydrogens is 294 g/mol. The van der Waals surface area contributed by atoms with Crippen molar-refractivity contribution >= 4 is 15.9 Å². The first-order valence-corrected chi connectivity index (χ1v) is 7.16. The van der Waals surface area contributed by atoms with Crippen molar-refractivity contribution < 1.29 is 9.47 Å². The Kier molecular flexibility index (Phi) is 5.18. The van der Waals surface area contributed by atoms with E-state index in [9.17, 15) is 0 Å². The van der Waals surface area contributed by atoms with Crippen LogP contribution >= 0.6 is 15.9 Å². The lowest BCUT2D eigenvalue weighted by molar-refractivity contribution is -0.139. The highest BCUT2D eigenvalue weighted by atomic mass is 79.9. The van der Waals surface area contributed by atoms with Crippen molar-refractivity contribution in [1.82, 2.24) is 5.32 Å². The third-order valence-corrected chi connectivity index (χ3v) is 3.83. The van der Waals surface area contributed by atoms with Crippen LogP contribution in [0, 0.1) is 0 Å². The number of hydrogen-bond donors (Lipinski definition) is 1. The Morgan fingerprint density at radius 1 is 1.44 bits per heavy atom. The van der Waals surface area contributed by atoms with Crippen molar-refractivity contribution in [2.75, 3.05) is 13.7 Å². The number of ether oxygens (including phenoxy) is 2. The van der Waals surface area contributed by atoms with Crippen LogP contribution in [0.25, 0.3) is 0 Å². The number of methoxy groups -OCH3 is 1. The number of benzene rings is 1. The van der Waals surface area contributed by atoms with Crippen LogP contribution in [0.2, 0.25) is 0 Å². The molecule has 0 bridgehead atoms. The van der Waals surface area contributed by atoms with Gasteiger partial charge in [-0.05, 0) is 30.7 Å². The fourth-order valence-corrected chi connectivity index (χ4v) is 2.80. The average molecular weight is 314 g/mol. The Morgan fingerprint density at radius 2 is 2.28 bits per heavy atom. The van der Waals surface area contributed by atoms with Gasteiger partial charge in [0.15, 0.2) is 0 Å². The summed E-state index contributed by atoms with van der Waals surface area (Å²) in [7, 11) is 1.75. The van der Waals surface area contributed by atoms with Gasteiger partial charge in [0.25, 0.3) is 0 Å². The molecule has 1 saturated carbocycles. The minimum absolute atomic E-state index is 0.178. The van der Waals surface area contributed by atoms with E-state index < -0.39 is 0 Å². The van der Waals surface area contributed by atoms with Crippen molar-refractivity contribution in [1.29, 1.82) is 0 Å². The van der Waals surface area contributed by atoms with E-state index in [-0.39, 0.29) is 12.2 Å². The summed E-state index contributed by atoms with van der Waals surface area (Å²) in [6.07, 6.45) is 1.41. The zero-order valence-electron chi connectivity index (χ0n) is 10.9. The lowest BCUT2D eigenvalue weighted by atomic mass is 9.85. The van der Waals surface area contributed by atoms with Crippen LogP contribution in [-0.2, 0) is 16.1 Å².